The third kappa shape index (κ3) is 8.38. The molecule has 1 atom stereocenters. The zero-order valence-electron chi connectivity index (χ0n) is 42.1. The van der Waals surface area contributed by atoms with Gasteiger partial charge < -0.3 is 19.5 Å². The number of aryl methyl sites for hydroxylation is 3. The van der Waals surface area contributed by atoms with E-state index in [-0.39, 0.29) is 37.8 Å². The minimum Gasteiger partial charge on any atom is -0.503 e. The van der Waals surface area contributed by atoms with E-state index < -0.39 is 11.1 Å². The third-order valence-electron chi connectivity index (χ3n) is 14.7. The Morgan fingerprint density at radius 3 is 1.90 bits per heavy atom. The fourth-order valence-electron chi connectivity index (χ4n) is 10.8. The fraction of sp³-hybridized carbons (Fsp3) is 0.254. The van der Waals surface area contributed by atoms with Crippen molar-refractivity contribution in [1.29, 1.82) is 0 Å². The molecule has 6 nitrogen and oxygen atoms in total. The topological polar surface area (TPSA) is 53.9 Å². The number of para-hydroxylation sites is 1. The van der Waals surface area contributed by atoms with Crippen molar-refractivity contribution in [2.75, 3.05) is 9.80 Å². The summed E-state index contributed by atoms with van der Waals surface area (Å²) in [6.07, 6.45) is 3.71. The van der Waals surface area contributed by atoms with Gasteiger partial charge in [-0.3, -0.25) is 4.98 Å². The molecule has 2 aromatic heterocycles. The molecule has 10 rings (SSSR count). The summed E-state index contributed by atoms with van der Waals surface area (Å²) in [5.41, 5.74) is 13.6. The Balaban J connectivity index is 0.00000608. The molecule has 0 bridgehead atoms. The molecule has 8 aromatic rings. The molecule has 0 aliphatic carbocycles. The van der Waals surface area contributed by atoms with Gasteiger partial charge in [-0.05, 0) is 97.7 Å². The van der Waals surface area contributed by atoms with Gasteiger partial charge in [-0.2, -0.15) is 5.56 Å². The summed E-state index contributed by atoms with van der Waals surface area (Å²) in [4.78, 5) is 20.5. The quantitative estimate of drug-likeness (QED) is 0.135. The van der Waals surface area contributed by atoms with Crippen LogP contribution in [-0.2, 0) is 31.9 Å². The fourth-order valence-corrected chi connectivity index (χ4v) is 10.8. The summed E-state index contributed by atoms with van der Waals surface area (Å²) in [5.74, 6) is 2.73. The predicted molar refractivity (Wildman–Crippen MR) is 284 cm³/mol. The van der Waals surface area contributed by atoms with E-state index in [1.807, 2.05) is 48.8 Å². The number of anilines is 4. The first kappa shape index (κ1) is 48.4. The first-order valence-electron chi connectivity index (χ1n) is 24.1. The van der Waals surface area contributed by atoms with Crippen molar-refractivity contribution in [3.05, 3.63) is 226 Å². The maximum absolute atomic E-state index is 7.05. The standard InChI is InChI=1S/C63H61N5O.Pt/c1-41-34-49(67-55-31-30-48(60(4,5)6)39-53(55)61(7,8)52-28-21-33-65-59(52)67)40-50(35-41)69-51-37-46(54-29-18-19-32-64-54)36-47(38-51)58-66-62(9,10)63(11,68(58)57-42(2)22-20-23-43(57)3)56(44-24-14-12-15-25-44)45-26-16-13-17-27-45;/h12-37,39,56H,1-11H3;/q-2;+2/t63-;/m0./s1. The number of aliphatic imine (C=N–C) groups is 1. The van der Waals surface area contributed by atoms with E-state index >= 15 is 0 Å². The molecule has 6 aromatic carbocycles. The number of rotatable bonds is 9. The maximum Gasteiger partial charge on any atom is 2.00 e. The van der Waals surface area contributed by atoms with Crippen LogP contribution in [0.2, 0.25) is 0 Å². The van der Waals surface area contributed by atoms with Gasteiger partial charge >= 0.3 is 21.1 Å². The van der Waals surface area contributed by atoms with Crippen molar-refractivity contribution < 1.29 is 25.8 Å². The molecule has 2 aliphatic rings. The van der Waals surface area contributed by atoms with Gasteiger partial charge in [0.1, 0.15) is 5.82 Å². The minimum atomic E-state index is -0.617. The zero-order chi connectivity index (χ0) is 48.5. The maximum atomic E-state index is 7.05. The van der Waals surface area contributed by atoms with Crippen LogP contribution in [0.15, 0.2) is 169 Å². The molecular weight excluding hydrogens is 1040 g/mol. The van der Waals surface area contributed by atoms with Gasteiger partial charge in [-0.15, -0.1) is 29.8 Å². The molecule has 70 heavy (non-hydrogen) atoms. The summed E-state index contributed by atoms with van der Waals surface area (Å²) in [5, 5.41) is 0. The van der Waals surface area contributed by atoms with Crippen molar-refractivity contribution in [3.63, 3.8) is 0 Å². The molecule has 7 heteroatoms. The van der Waals surface area contributed by atoms with E-state index in [2.05, 4.69) is 213 Å². The van der Waals surface area contributed by atoms with E-state index in [0.29, 0.717) is 11.5 Å². The molecule has 4 heterocycles. The summed E-state index contributed by atoms with van der Waals surface area (Å²) >= 11 is 0. The van der Waals surface area contributed by atoms with Gasteiger partial charge in [0.15, 0.2) is 0 Å². The summed E-state index contributed by atoms with van der Waals surface area (Å²) in [6, 6.07) is 61.4. The number of hydrogen-bond donors (Lipinski definition) is 0. The van der Waals surface area contributed by atoms with E-state index in [1.54, 1.807) is 0 Å². The van der Waals surface area contributed by atoms with Gasteiger partial charge in [0, 0.05) is 52.2 Å². The molecule has 0 radical (unpaired) electrons. The molecule has 0 fully saturated rings. The summed E-state index contributed by atoms with van der Waals surface area (Å²) in [6.45, 7) is 24.9. The van der Waals surface area contributed by atoms with Gasteiger partial charge in [-0.25, -0.2) is 4.98 Å². The van der Waals surface area contributed by atoms with Crippen LogP contribution in [0, 0.1) is 32.9 Å². The minimum absolute atomic E-state index is 0. The summed E-state index contributed by atoms with van der Waals surface area (Å²) < 4.78 is 7.05. The van der Waals surface area contributed by atoms with Crippen LogP contribution in [0.3, 0.4) is 0 Å². The van der Waals surface area contributed by atoms with Crippen molar-refractivity contribution in [3.8, 4) is 22.8 Å². The van der Waals surface area contributed by atoms with Crippen LogP contribution >= 0.6 is 0 Å². The second-order valence-corrected chi connectivity index (χ2v) is 21.2. The normalized spacial score (nSPS) is 16.8. The van der Waals surface area contributed by atoms with Crippen LogP contribution in [-0.4, -0.2) is 26.9 Å². The van der Waals surface area contributed by atoms with Crippen LogP contribution in [0.25, 0.3) is 11.3 Å². The monoisotopic (exact) mass is 1100 g/mol. The van der Waals surface area contributed by atoms with Gasteiger partial charge in [0.2, 0.25) is 0 Å². The molecule has 0 unspecified atom stereocenters. The predicted octanol–water partition coefficient (Wildman–Crippen LogP) is 15.5. The number of aromatic nitrogens is 2. The van der Waals surface area contributed by atoms with E-state index in [0.717, 1.165) is 56.7 Å². The Morgan fingerprint density at radius 2 is 1.26 bits per heavy atom. The Kier molecular flexibility index (Phi) is 12.6. The second-order valence-electron chi connectivity index (χ2n) is 21.2. The molecule has 2 aliphatic heterocycles. The van der Waals surface area contributed by atoms with E-state index in [1.165, 1.54) is 33.4 Å². The average molecular weight is 1100 g/mol. The second kappa shape index (κ2) is 18.3. The number of benzene rings is 6. The Labute approximate surface area is 429 Å². The number of hydrogen-bond acceptors (Lipinski definition) is 6. The van der Waals surface area contributed by atoms with Gasteiger partial charge in [-0.1, -0.05) is 168 Å². The SMILES string of the molecule is Cc1cc(Oc2[c-]c(C3=NC(C)(C)[C@](C)(C(c4ccccc4)c4ccccc4)N3c3c(C)cccc3C)cc(-c3ccccn3)c2)[c-]c(N2c3ccc(C(C)(C)C)cc3C(C)(C)c3cccnc32)c1.[Pt+2]. The number of ether oxygens (including phenoxy) is 1. The molecule has 0 spiro atoms. The Bertz CT molecular complexity index is 3190. The smallest absolute Gasteiger partial charge is 0.503 e. The van der Waals surface area contributed by atoms with Crippen molar-refractivity contribution in [2.45, 2.75) is 104 Å². The van der Waals surface area contributed by atoms with E-state index in [4.69, 9.17) is 19.7 Å². The van der Waals surface area contributed by atoms with E-state index in [9.17, 15) is 0 Å². The molecule has 0 amide bonds. The molecule has 354 valence electrons. The number of pyridine rings is 2. The number of fused-ring (bicyclic) bond motifs is 2. The number of amidine groups is 1. The summed E-state index contributed by atoms with van der Waals surface area (Å²) in [7, 11) is 0. The van der Waals surface area contributed by atoms with Crippen molar-refractivity contribution >= 4 is 28.7 Å². The van der Waals surface area contributed by atoms with Crippen LogP contribution < -0.4 is 14.5 Å². The van der Waals surface area contributed by atoms with Crippen LogP contribution in [0.1, 0.15) is 111 Å². The van der Waals surface area contributed by atoms with Crippen LogP contribution in [0.5, 0.6) is 11.5 Å². The first-order valence-corrected chi connectivity index (χ1v) is 24.1. The average Bonchev–Trinajstić information content (AvgIpc) is 3.53. The van der Waals surface area contributed by atoms with Gasteiger partial charge in [0.25, 0.3) is 0 Å². The Hall–Kier alpha value is -6.62. The number of nitrogens with zero attached hydrogens (tertiary/aromatic N) is 5. The zero-order valence-corrected chi connectivity index (χ0v) is 44.4. The molecule has 0 N–H and O–H groups in total. The first-order chi connectivity index (χ1) is 33.0. The largest absolute Gasteiger partial charge is 2.00 e. The third-order valence-corrected chi connectivity index (χ3v) is 14.7. The molecule has 0 saturated heterocycles. The van der Waals surface area contributed by atoms with Gasteiger partial charge in [0.05, 0.1) is 22.6 Å². The molecular formula is C63H61N5OPt. The van der Waals surface area contributed by atoms with Crippen molar-refractivity contribution in [1.82, 2.24) is 9.97 Å². The van der Waals surface area contributed by atoms with Crippen molar-refractivity contribution in [2.24, 2.45) is 4.99 Å². The van der Waals surface area contributed by atoms with Crippen LogP contribution in [0.4, 0.5) is 22.9 Å². The molecule has 0 saturated carbocycles. The Morgan fingerprint density at radius 1 is 0.614 bits per heavy atom.